The van der Waals surface area contributed by atoms with E-state index >= 15 is 0 Å². The maximum Gasteiger partial charge on any atom is 0.335 e. The van der Waals surface area contributed by atoms with E-state index in [2.05, 4.69) is 59.6 Å². The van der Waals surface area contributed by atoms with E-state index in [0.717, 1.165) is 59.8 Å². The van der Waals surface area contributed by atoms with Gasteiger partial charge in [-0.15, -0.1) is 0 Å². The van der Waals surface area contributed by atoms with Crippen LogP contribution in [0.1, 0.15) is 85.1 Å². The first-order chi connectivity index (χ1) is 28.8. The molecule has 1 aromatic heterocycles. The van der Waals surface area contributed by atoms with Crippen molar-refractivity contribution >= 4 is 11.6 Å². The second-order valence-electron chi connectivity index (χ2n) is 16.3. The molecule has 310 valence electrons. The molecule has 59 heavy (non-hydrogen) atoms. The topological polar surface area (TPSA) is 128 Å². The number of aliphatic hydroxyl groups is 1. The smallest absolute Gasteiger partial charge is 0.335 e. The maximum absolute atomic E-state index is 11.9. The van der Waals surface area contributed by atoms with Gasteiger partial charge in [0.2, 0.25) is 5.75 Å². The van der Waals surface area contributed by atoms with Gasteiger partial charge in [-0.25, -0.2) is 0 Å². The molecule has 0 amide bonds. The fourth-order valence-corrected chi connectivity index (χ4v) is 8.92. The van der Waals surface area contributed by atoms with E-state index in [1.807, 2.05) is 30.3 Å². The summed E-state index contributed by atoms with van der Waals surface area (Å²) in [4.78, 5) is 19.7. The van der Waals surface area contributed by atoms with Gasteiger partial charge in [0.15, 0.2) is 17.1 Å². The zero-order valence-corrected chi connectivity index (χ0v) is 34.3. The van der Waals surface area contributed by atoms with Crippen LogP contribution < -0.4 is 34.1 Å². The normalized spacial score (nSPS) is 17.4. The first-order valence-corrected chi connectivity index (χ1v) is 21.3. The number of nitrogens with one attached hydrogen (secondary N) is 1. The monoisotopic (exact) mass is 799 g/mol. The van der Waals surface area contributed by atoms with Crippen molar-refractivity contribution in [2.75, 3.05) is 58.0 Å². The molecular formula is C49H57N3O7. The fourth-order valence-electron chi connectivity index (χ4n) is 8.92. The lowest BCUT2D eigenvalue weighted by atomic mass is 9.85. The number of anilines is 1. The second kappa shape index (κ2) is 18.2. The number of aromatic hydroxyl groups is 1. The molecule has 1 saturated carbocycles. The number of rotatable bonds is 16. The number of methoxy groups -OCH3 is 1. The SMILES string of the molecule is COc1c(OCCc2ccccc2)c(CCc2cccc(-c3cc(C4(C)CCCC4)[n-]c3N3CCNCC3)c2)c2c(c1OCCCO)C(=[OH+])CC(c1ccc(O)cc1)O2. The molecule has 4 aromatic carbocycles. The summed E-state index contributed by atoms with van der Waals surface area (Å²) in [5.74, 6) is 3.04. The van der Waals surface area contributed by atoms with Crippen molar-refractivity contribution in [3.8, 4) is 39.9 Å². The molecule has 0 radical (unpaired) electrons. The molecular weight excluding hydrogens is 743 g/mol. The Morgan fingerprint density at radius 2 is 1.61 bits per heavy atom. The van der Waals surface area contributed by atoms with Gasteiger partial charge in [-0.1, -0.05) is 104 Å². The van der Waals surface area contributed by atoms with E-state index in [1.165, 1.54) is 36.9 Å². The van der Waals surface area contributed by atoms with Crippen molar-refractivity contribution in [2.45, 2.75) is 76.2 Å². The highest BCUT2D eigenvalue weighted by atomic mass is 16.5. The highest BCUT2D eigenvalue weighted by molar-refractivity contribution is 6.05. The quantitative estimate of drug-likeness (QED) is 0.0676. The minimum Gasteiger partial charge on any atom is -0.508 e. The van der Waals surface area contributed by atoms with Crippen LogP contribution in [0.25, 0.3) is 11.1 Å². The Morgan fingerprint density at radius 1 is 0.864 bits per heavy atom. The van der Waals surface area contributed by atoms with Crippen LogP contribution in [0.2, 0.25) is 0 Å². The summed E-state index contributed by atoms with van der Waals surface area (Å²) < 4.78 is 26.0. The lowest BCUT2D eigenvalue weighted by Crippen LogP contribution is -2.44. The van der Waals surface area contributed by atoms with Gasteiger partial charge in [0.05, 0.1) is 20.3 Å². The Balaban J connectivity index is 1.18. The number of carbonyl (C=O) groups excluding carboxylic acids is 1. The molecule has 5 aromatic rings. The van der Waals surface area contributed by atoms with Crippen molar-refractivity contribution in [2.24, 2.45) is 0 Å². The zero-order valence-electron chi connectivity index (χ0n) is 34.3. The molecule has 8 rings (SSSR count). The molecule has 1 aliphatic carbocycles. The van der Waals surface area contributed by atoms with E-state index in [1.54, 1.807) is 19.2 Å². The number of aromatic nitrogens is 1. The molecule has 1 atom stereocenters. The minimum atomic E-state index is -0.523. The third kappa shape index (κ3) is 8.80. The number of piperazine rings is 1. The molecule has 3 aliphatic rings. The van der Waals surface area contributed by atoms with E-state index in [4.69, 9.17) is 23.9 Å². The Hall–Kier alpha value is -5.45. The number of phenols is 1. The van der Waals surface area contributed by atoms with Crippen LogP contribution in [0.5, 0.6) is 28.7 Å². The lowest BCUT2D eigenvalue weighted by Gasteiger charge is -2.38. The number of fused-ring (bicyclic) bond motifs is 1. The average molecular weight is 800 g/mol. The first-order valence-electron chi connectivity index (χ1n) is 21.3. The molecule has 10 heteroatoms. The fraction of sp³-hybridized carbons (Fsp3) is 0.408. The van der Waals surface area contributed by atoms with Crippen LogP contribution in [0.15, 0.2) is 84.9 Å². The maximum atomic E-state index is 11.9. The van der Waals surface area contributed by atoms with Crippen LogP contribution in [0.4, 0.5) is 5.82 Å². The van der Waals surface area contributed by atoms with Crippen molar-refractivity contribution in [1.82, 2.24) is 10.3 Å². The van der Waals surface area contributed by atoms with Gasteiger partial charge in [-0.05, 0) is 97.2 Å². The highest BCUT2D eigenvalue weighted by Crippen LogP contribution is 2.53. The number of hydrogen-bond acceptors (Lipinski definition) is 8. The van der Waals surface area contributed by atoms with E-state index < -0.39 is 6.10 Å². The Labute approximate surface area is 347 Å². The largest absolute Gasteiger partial charge is 0.508 e. The Kier molecular flexibility index (Phi) is 12.5. The predicted molar refractivity (Wildman–Crippen MR) is 231 cm³/mol. The van der Waals surface area contributed by atoms with Gasteiger partial charge < -0.3 is 44.4 Å². The van der Waals surface area contributed by atoms with Crippen molar-refractivity contribution < 1.29 is 34.0 Å². The van der Waals surface area contributed by atoms with E-state index in [9.17, 15) is 15.0 Å². The molecule has 2 fully saturated rings. The number of benzene rings is 4. The van der Waals surface area contributed by atoms with Gasteiger partial charge in [0.1, 0.15) is 24.0 Å². The summed E-state index contributed by atoms with van der Waals surface area (Å²) in [6.45, 7) is 6.64. The molecule has 10 nitrogen and oxygen atoms in total. The molecule has 1 saturated heterocycles. The number of nitrogens with zero attached hydrogens (tertiary/aromatic N) is 2. The Morgan fingerprint density at radius 3 is 2.36 bits per heavy atom. The summed E-state index contributed by atoms with van der Waals surface area (Å²) in [7, 11) is 1.59. The van der Waals surface area contributed by atoms with Crippen LogP contribution in [0, 0.1) is 0 Å². The second-order valence-corrected chi connectivity index (χ2v) is 16.3. The average Bonchev–Trinajstić information content (AvgIpc) is 3.93. The third-order valence-electron chi connectivity index (χ3n) is 12.2. The van der Waals surface area contributed by atoms with Gasteiger partial charge >= 0.3 is 5.78 Å². The number of hydrogen-bond donors (Lipinski definition) is 3. The minimum absolute atomic E-state index is 0.0463. The summed E-state index contributed by atoms with van der Waals surface area (Å²) in [5, 5.41) is 23.2. The van der Waals surface area contributed by atoms with Gasteiger partial charge in [-0.3, -0.25) is 4.79 Å². The first kappa shape index (κ1) is 40.3. The lowest BCUT2D eigenvalue weighted by molar-refractivity contribution is 0.190. The van der Waals surface area contributed by atoms with E-state index in [-0.39, 0.29) is 36.6 Å². The number of ketones is 1. The number of aryl methyl sites for hydroxylation is 1. The molecule has 1 unspecified atom stereocenters. The van der Waals surface area contributed by atoms with Crippen molar-refractivity contribution in [3.05, 3.63) is 118 Å². The molecule has 4 N–H and O–H groups in total. The van der Waals surface area contributed by atoms with Crippen LogP contribution in [0.3, 0.4) is 0 Å². The summed E-state index contributed by atoms with van der Waals surface area (Å²) >= 11 is 0. The summed E-state index contributed by atoms with van der Waals surface area (Å²) in [6.07, 6.45) is 6.73. The van der Waals surface area contributed by atoms with Gasteiger partial charge in [0, 0.05) is 25.0 Å². The van der Waals surface area contributed by atoms with Crippen LogP contribution in [-0.2, 0) is 24.7 Å². The number of ether oxygens (including phenoxy) is 4. The zero-order chi connectivity index (χ0) is 40.8. The molecule has 2 aliphatic heterocycles. The molecule has 0 bridgehead atoms. The predicted octanol–water partition coefficient (Wildman–Crippen LogP) is 7.85. The Bertz CT molecular complexity index is 2210. The van der Waals surface area contributed by atoms with Crippen molar-refractivity contribution in [3.63, 3.8) is 0 Å². The molecule has 0 spiro atoms. The molecule has 3 heterocycles. The van der Waals surface area contributed by atoms with Gasteiger partial charge in [0.25, 0.3) is 0 Å². The third-order valence-corrected chi connectivity index (χ3v) is 12.2. The van der Waals surface area contributed by atoms with Crippen LogP contribution >= 0.6 is 0 Å². The summed E-state index contributed by atoms with van der Waals surface area (Å²) in [5.41, 5.74) is 7.96. The summed E-state index contributed by atoms with van der Waals surface area (Å²) in [6, 6.07) is 28.2. The van der Waals surface area contributed by atoms with Gasteiger partial charge in [-0.2, -0.15) is 0 Å². The standard InChI is InChI=1S/C49H56N3O7/c1-49(21-6-7-22-49)42-31-39(48(51-42)52-25-23-50-24-26-52)36-13-8-12-34(30-36)14-19-38-44-43(40(55)32-41(59-44)35-15-17-37(54)18-16-35)46(57-28-9-27-53)47(56-2)45(38)58-29-20-33-10-4-3-5-11-33/h3-5,8,10-13,15-18,30-31,41,50,53-54H,6-7,9,14,19-29,32H2,1-2H3/q-1/p+1. The van der Waals surface area contributed by atoms with Crippen molar-refractivity contribution in [1.29, 1.82) is 0 Å². The van der Waals surface area contributed by atoms with Crippen LogP contribution in [-0.4, -0.2) is 73.9 Å². The van der Waals surface area contributed by atoms with E-state index in [0.29, 0.717) is 60.9 Å². The highest BCUT2D eigenvalue weighted by Gasteiger charge is 2.41. The number of phenolic OH excluding ortho intramolecular Hbond substituents is 1. The number of aliphatic hydroxyl groups excluding tert-OH is 1.